The average molecular weight is 150 g/mol. The Labute approximate surface area is 53.4 Å². The van der Waals surface area contributed by atoms with Crippen LogP contribution in [-0.2, 0) is 0 Å². The molecule has 5 heteroatoms. The molecule has 0 aliphatic carbocycles. The Hall–Kier alpha value is -0.710. The highest BCUT2D eigenvalue weighted by atomic mass is 32.1. The zero-order chi connectivity index (χ0) is 6.85. The van der Waals surface area contributed by atoms with E-state index in [0.29, 0.717) is 15.9 Å². The van der Waals surface area contributed by atoms with E-state index in [2.05, 4.69) is 5.38 Å². The minimum absolute atomic E-state index is 0.324. The molecule has 0 atom stereocenters. The van der Waals surface area contributed by atoms with Crippen LogP contribution in [0.4, 0.5) is 8.78 Å². The number of alkyl halides is 2. The molecule has 0 aliphatic heterocycles. The van der Waals surface area contributed by atoms with Gasteiger partial charge in [-0.1, -0.05) is 11.3 Å². The number of aromatic nitrogens is 1. The summed E-state index contributed by atoms with van der Waals surface area (Å²) < 4.78 is 23.5. The number of hydrogen-bond donors (Lipinski definition) is 0. The van der Waals surface area contributed by atoms with Gasteiger partial charge in [-0.05, 0) is 0 Å². The van der Waals surface area contributed by atoms with Crippen molar-refractivity contribution in [2.24, 2.45) is 0 Å². The van der Waals surface area contributed by atoms with Crippen molar-refractivity contribution < 1.29 is 8.78 Å². The molecule has 0 fully saturated rings. The molecule has 9 heavy (non-hydrogen) atoms. The number of rotatable bonds is 1. The first-order valence-corrected chi connectivity index (χ1v) is 2.89. The lowest BCUT2D eigenvalue weighted by Gasteiger charge is -1.93. The van der Waals surface area contributed by atoms with E-state index < -0.39 is 11.4 Å². The molecule has 0 aromatic carbocycles. The van der Waals surface area contributed by atoms with Crippen molar-refractivity contribution in [1.29, 1.82) is 0 Å². The summed E-state index contributed by atoms with van der Waals surface area (Å²) in [6.45, 7) is -2.74. The molecule has 1 radical (unpaired) electrons. The molecular weight excluding hydrogens is 148 g/mol. The molecule has 0 amide bonds. The van der Waals surface area contributed by atoms with Crippen LogP contribution in [0.15, 0.2) is 11.0 Å². The van der Waals surface area contributed by atoms with Crippen LogP contribution in [-0.4, -0.2) is 4.57 Å². The third-order valence-electron chi connectivity index (χ3n) is 0.759. The monoisotopic (exact) mass is 150 g/mol. The van der Waals surface area contributed by atoms with Crippen molar-refractivity contribution in [2.45, 2.75) is 6.55 Å². The van der Waals surface area contributed by atoms with E-state index in [1.165, 1.54) is 0 Å². The summed E-state index contributed by atoms with van der Waals surface area (Å²) in [6.07, 6.45) is 0.942. The minimum Gasteiger partial charge on any atom is -0.256 e. The molecule has 0 saturated heterocycles. The van der Waals surface area contributed by atoms with Crippen molar-refractivity contribution in [1.82, 2.24) is 4.57 Å². The predicted octanol–water partition coefficient (Wildman–Crippen LogP) is 1.11. The van der Waals surface area contributed by atoms with Crippen molar-refractivity contribution in [2.75, 3.05) is 0 Å². The molecule has 0 saturated carbocycles. The lowest BCUT2D eigenvalue weighted by atomic mass is 10.9. The van der Waals surface area contributed by atoms with Crippen LogP contribution in [0, 0.1) is 5.38 Å². The van der Waals surface area contributed by atoms with Gasteiger partial charge in [-0.2, -0.15) is 8.78 Å². The quantitative estimate of drug-likeness (QED) is 0.587. The number of thiazole rings is 1. The lowest BCUT2D eigenvalue weighted by molar-refractivity contribution is 0.0681. The molecule has 1 aromatic heterocycles. The zero-order valence-electron chi connectivity index (χ0n) is 4.17. The van der Waals surface area contributed by atoms with Crippen LogP contribution in [0.1, 0.15) is 6.55 Å². The van der Waals surface area contributed by atoms with Gasteiger partial charge < -0.3 is 0 Å². The standard InChI is InChI=1S/C4H2F2NOS/c5-3(6)7-1-2-9-4(7)8/h1,3H. The van der Waals surface area contributed by atoms with Gasteiger partial charge in [-0.25, -0.2) is 4.57 Å². The van der Waals surface area contributed by atoms with Crippen LogP contribution in [0.25, 0.3) is 0 Å². The van der Waals surface area contributed by atoms with Crippen LogP contribution >= 0.6 is 11.3 Å². The fourth-order valence-corrected chi connectivity index (χ4v) is 0.880. The summed E-state index contributed by atoms with van der Waals surface area (Å²) in [5, 5.41) is 2.29. The van der Waals surface area contributed by atoms with Crippen molar-refractivity contribution >= 4 is 11.3 Å². The Morgan fingerprint density at radius 1 is 1.78 bits per heavy atom. The van der Waals surface area contributed by atoms with Gasteiger partial charge in [0.1, 0.15) is 0 Å². The normalized spacial score (nSPS) is 10.6. The molecule has 0 unspecified atom stereocenters. The second kappa shape index (κ2) is 2.26. The maximum atomic E-state index is 11.6. The van der Waals surface area contributed by atoms with Gasteiger partial charge in [0, 0.05) is 6.20 Å². The highest BCUT2D eigenvalue weighted by molar-refractivity contribution is 7.06. The van der Waals surface area contributed by atoms with Gasteiger partial charge in [0.15, 0.2) is 0 Å². The summed E-state index contributed by atoms with van der Waals surface area (Å²) in [5.74, 6) is 0. The second-order valence-corrected chi connectivity index (χ2v) is 2.09. The Balaban J connectivity index is 3.08. The minimum atomic E-state index is -2.74. The third-order valence-corrected chi connectivity index (χ3v) is 1.37. The number of halogens is 2. The first-order chi connectivity index (χ1) is 4.22. The summed E-state index contributed by atoms with van der Waals surface area (Å²) in [5.41, 5.74) is 0. The Kier molecular flexibility index (Phi) is 1.61. The SMILES string of the molecule is O=c1s[c]cn1C(F)F. The van der Waals surface area contributed by atoms with E-state index in [9.17, 15) is 13.6 Å². The molecule has 1 heterocycles. The average Bonchev–Trinajstić information content (AvgIpc) is 2.13. The van der Waals surface area contributed by atoms with Gasteiger partial charge in [0.25, 0.3) is 0 Å². The van der Waals surface area contributed by atoms with E-state index >= 15 is 0 Å². The van der Waals surface area contributed by atoms with E-state index in [-0.39, 0.29) is 0 Å². The molecular formula is C4H2F2NOS. The highest BCUT2D eigenvalue weighted by Crippen LogP contribution is 2.05. The largest absolute Gasteiger partial charge is 0.322 e. The van der Waals surface area contributed by atoms with Crippen LogP contribution in [0.2, 0.25) is 0 Å². The smallest absolute Gasteiger partial charge is 0.256 e. The van der Waals surface area contributed by atoms with Gasteiger partial charge in [0.2, 0.25) is 0 Å². The first-order valence-electron chi connectivity index (χ1n) is 2.08. The number of hydrogen-bond acceptors (Lipinski definition) is 2. The first kappa shape index (κ1) is 6.41. The topological polar surface area (TPSA) is 22.0 Å². The molecule has 1 rings (SSSR count). The Morgan fingerprint density at radius 2 is 2.44 bits per heavy atom. The highest BCUT2D eigenvalue weighted by Gasteiger charge is 2.06. The van der Waals surface area contributed by atoms with Crippen LogP contribution < -0.4 is 4.87 Å². The van der Waals surface area contributed by atoms with Crippen LogP contribution in [0.3, 0.4) is 0 Å². The van der Waals surface area contributed by atoms with E-state index in [0.717, 1.165) is 6.20 Å². The number of nitrogens with zero attached hydrogens (tertiary/aromatic N) is 1. The lowest BCUT2D eigenvalue weighted by Crippen LogP contribution is -2.11. The molecule has 0 bridgehead atoms. The summed E-state index contributed by atoms with van der Waals surface area (Å²) >= 11 is 0.635. The molecule has 49 valence electrons. The third kappa shape index (κ3) is 1.16. The summed E-state index contributed by atoms with van der Waals surface area (Å²) in [4.78, 5) is 9.65. The molecule has 1 aromatic rings. The fraction of sp³-hybridized carbons (Fsp3) is 0.250. The predicted molar refractivity (Wildman–Crippen MR) is 28.7 cm³/mol. The van der Waals surface area contributed by atoms with Gasteiger partial charge in [0.05, 0.1) is 5.38 Å². The maximum Gasteiger partial charge on any atom is 0.322 e. The van der Waals surface area contributed by atoms with Crippen molar-refractivity contribution in [3.05, 3.63) is 21.2 Å². The summed E-state index contributed by atoms with van der Waals surface area (Å²) in [7, 11) is 0. The molecule has 0 spiro atoms. The van der Waals surface area contributed by atoms with E-state index in [4.69, 9.17) is 0 Å². The fourth-order valence-electron chi connectivity index (χ4n) is 0.375. The van der Waals surface area contributed by atoms with Gasteiger partial charge in [-0.3, -0.25) is 4.79 Å². The van der Waals surface area contributed by atoms with Gasteiger partial charge >= 0.3 is 11.4 Å². The molecule has 2 nitrogen and oxygen atoms in total. The van der Waals surface area contributed by atoms with Crippen LogP contribution in [0.5, 0.6) is 0 Å². The molecule has 0 aliphatic rings. The van der Waals surface area contributed by atoms with E-state index in [1.807, 2.05) is 0 Å². The molecule has 0 N–H and O–H groups in total. The van der Waals surface area contributed by atoms with E-state index in [1.54, 1.807) is 0 Å². The van der Waals surface area contributed by atoms with Gasteiger partial charge in [-0.15, -0.1) is 0 Å². The van der Waals surface area contributed by atoms with Crippen molar-refractivity contribution in [3.8, 4) is 0 Å². The Bertz CT molecular complexity index is 241. The van der Waals surface area contributed by atoms with Crippen molar-refractivity contribution in [3.63, 3.8) is 0 Å². The summed E-state index contributed by atoms with van der Waals surface area (Å²) in [6, 6.07) is 0. The Morgan fingerprint density at radius 3 is 2.67 bits per heavy atom. The maximum absolute atomic E-state index is 11.6. The zero-order valence-corrected chi connectivity index (χ0v) is 4.99. The second-order valence-electron chi connectivity index (χ2n) is 1.30.